The third kappa shape index (κ3) is 3.70. The zero-order valence-electron chi connectivity index (χ0n) is 10.8. The number of rotatable bonds is 5. The Bertz CT molecular complexity index is 667. The summed E-state index contributed by atoms with van der Waals surface area (Å²) in [7, 11) is -4.02. The molecule has 1 aromatic rings. The van der Waals surface area contributed by atoms with E-state index in [1.165, 1.54) is 26.0 Å². The highest BCUT2D eigenvalue weighted by Gasteiger charge is 2.27. The molecule has 2 atom stereocenters. The molecule has 0 heterocycles. The van der Waals surface area contributed by atoms with Crippen LogP contribution >= 0.6 is 11.6 Å². The van der Waals surface area contributed by atoms with Crippen LogP contribution in [0.2, 0.25) is 5.02 Å². The van der Waals surface area contributed by atoms with Gasteiger partial charge in [0.15, 0.2) is 0 Å². The van der Waals surface area contributed by atoms with Crippen LogP contribution in [0.4, 0.5) is 0 Å². The van der Waals surface area contributed by atoms with Crippen LogP contribution in [0.5, 0.6) is 0 Å². The molecule has 1 aromatic carbocycles. The number of hydrogen-bond donors (Lipinski definition) is 2. The summed E-state index contributed by atoms with van der Waals surface area (Å²) in [6.07, 6.45) is 0. The smallest absolute Gasteiger partial charge is 0.307 e. The zero-order chi connectivity index (χ0) is 15.5. The average molecular weight is 317 g/mol. The predicted molar refractivity (Wildman–Crippen MR) is 72.8 cm³/mol. The minimum absolute atomic E-state index is 0.0583. The number of sulfonamides is 1. The van der Waals surface area contributed by atoms with Gasteiger partial charge in [0, 0.05) is 11.1 Å². The van der Waals surface area contributed by atoms with E-state index in [0.29, 0.717) is 0 Å². The van der Waals surface area contributed by atoms with Gasteiger partial charge >= 0.3 is 5.97 Å². The second kappa shape index (κ2) is 6.22. The number of nitriles is 1. The summed E-state index contributed by atoms with van der Waals surface area (Å²) >= 11 is 5.73. The molecule has 2 N–H and O–H groups in total. The number of benzene rings is 1. The number of carboxylic acid groups (broad SMARTS) is 1. The van der Waals surface area contributed by atoms with Crippen molar-refractivity contribution < 1.29 is 18.3 Å². The van der Waals surface area contributed by atoms with Gasteiger partial charge in [-0.2, -0.15) is 5.26 Å². The summed E-state index contributed by atoms with van der Waals surface area (Å²) in [5, 5.41) is 18.0. The number of nitrogens with one attached hydrogen (secondary N) is 1. The van der Waals surface area contributed by atoms with Crippen LogP contribution in [-0.4, -0.2) is 25.5 Å². The summed E-state index contributed by atoms with van der Waals surface area (Å²) in [6, 6.07) is 4.78. The summed E-state index contributed by atoms with van der Waals surface area (Å²) in [6.45, 7) is 2.83. The van der Waals surface area contributed by atoms with Crippen molar-refractivity contribution in [2.24, 2.45) is 5.92 Å². The van der Waals surface area contributed by atoms with E-state index in [1.54, 1.807) is 6.07 Å². The van der Waals surface area contributed by atoms with E-state index < -0.39 is 28.0 Å². The van der Waals surface area contributed by atoms with Crippen LogP contribution < -0.4 is 4.72 Å². The molecule has 0 amide bonds. The molecule has 0 saturated heterocycles. The van der Waals surface area contributed by atoms with Crippen LogP contribution in [0.1, 0.15) is 19.4 Å². The maximum atomic E-state index is 12.2. The first kappa shape index (κ1) is 16.4. The molecule has 0 aromatic heterocycles. The van der Waals surface area contributed by atoms with Crippen molar-refractivity contribution in [2.75, 3.05) is 0 Å². The Morgan fingerprint density at radius 2 is 2.05 bits per heavy atom. The first-order chi connectivity index (χ1) is 9.19. The average Bonchev–Trinajstić information content (AvgIpc) is 2.37. The molecular formula is C12H13ClN2O4S. The number of halogens is 1. The van der Waals surface area contributed by atoms with Gasteiger partial charge in [-0.05, 0) is 25.1 Å². The Balaban J connectivity index is 3.16. The maximum Gasteiger partial charge on any atom is 0.307 e. The fourth-order valence-corrected chi connectivity index (χ4v) is 3.18. The summed E-state index contributed by atoms with van der Waals surface area (Å²) < 4.78 is 26.6. The Kier molecular flexibility index (Phi) is 5.11. The number of nitrogens with zero attached hydrogens (tertiary/aromatic N) is 1. The normalized spacial score (nSPS) is 14.3. The molecule has 0 radical (unpaired) electrons. The van der Waals surface area contributed by atoms with Crippen molar-refractivity contribution in [3.63, 3.8) is 0 Å². The lowest BCUT2D eigenvalue weighted by molar-refractivity contribution is -0.141. The van der Waals surface area contributed by atoms with Gasteiger partial charge in [-0.15, -0.1) is 0 Å². The Hall–Kier alpha value is -1.62. The second-order valence-electron chi connectivity index (χ2n) is 4.29. The molecule has 0 aliphatic heterocycles. The highest BCUT2D eigenvalue weighted by molar-refractivity contribution is 7.89. The molecule has 0 fully saturated rings. The Labute approximate surface area is 122 Å². The van der Waals surface area contributed by atoms with Gasteiger partial charge in [-0.1, -0.05) is 18.5 Å². The molecule has 0 bridgehead atoms. The summed E-state index contributed by atoms with van der Waals surface area (Å²) in [5.74, 6) is -2.03. The fraction of sp³-hybridized carbons (Fsp3) is 0.333. The van der Waals surface area contributed by atoms with Gasteiger partial charge < -0.3 is 5.11 Å². The van der Waals surface area contributed by atoms with E-state index in [-0.39, 0.29) is 15.5 Å². The summed E-state index contributed by atoms with van der Waals surface area (Å²) in [4.78, 5) is 10.6. The summed E-state index contributed by atoms with van der Waals surface area (Å²) in [5.41, 5.74) is -0.0583. The molecule has 1 rings (SSSR count). The van der Waals surface area contributed by atoms with Gasteiger partial charge in [0.2, 0.25) is 10.0 Å². The highest BCUT2D eigenvalue weighted by Crippen LogP contribution is 2.21. The van der Waals surface area contributed by atoms with Crippen LogP contribution in [0.25, 0.3) is 0 Å². The monoisotopic (exact) mass is 316 g/mol. The van der Waals surface area contributed by atoms with E-state index in [2.05, 4.69) is 4.72 Å². The van der Waals surface area contributed by atoms with E-state index in [1.807, 2.05) is 0 Å². The molecule has 20 heavy (non-hydrogen) atoms. The van der Waals surface area contributed by atoms with E-state index in [9.17, 15) is 13.2 Å². The van der Waals surface area contributed by atoms with Crippen molar-refractivity contribution in [1.82, 2.24) is 4.72 Å². The van der Waals surface area contributed by atoms with Crippen LogP contribution in [0.15, 0.2) is 23.1 Å². The minimum atomic E-state index is -4.02. The van der Waals surface area contributed by atoms with Gasteiger partial charge in [-0.3, -0.25) is 4.79 Å². The number of carboxylic acids is 1. The molecular weight excluding hydrogens is 304 g/mol. The van der Waals surface area contributed by atoms with Crippen molar-refractivity contribution >= 4 is 27.6 Å². The topological polar surface area (TPSA) is 107 Å². The lowest BCUT2D eigenvalue weighted by Gasteiger charge is -2.18. The first-order valence-electron chi connectivity index (χ1n) is 5.64. The highest BCUT2D eigenvalue weighted by atomic mass is 35.5. The van der Waals surface area contributed by atoms with Crippen LogP contribution in [0, 0.1) is 17.2 Å². The predicted octanol–water partition coefficient (Wildman–Crippen LogP) is 1.60. The van der Waals surface area contributed by atoms with Crippen molar-refractivity contribution in [2.45, 2.75) is 24.8 Å². The molecule has 0 aliphatic rings. The van der Waals surface area contributed by atoms with Gasteiger partial charge in [0.05, 0.1) is 11.5 Å². The van der Waals surface area contributed by atoms with Crippen molar-refractivity contribution in [3.05, 3.63) is 28.8 Å². The van der Waals surface area contributed by atoms with Crippen LogP contribution in [0.3, 0.4) is 0 Å². The molecule has 8 heteroatoms. The molecule has 0 saturated carbocycles. The van der Waals surface area contributed by atoms with E-state index in [0.717, 1.165) is 6.07 Å². The van der Waals surface area contributed by atoms with Gasteiger partial charge in [0.25, 0.3) is 0 Å². The largest absolute Gasteiger partial charge is 0.481 e. The number of aliphatic carboxylic acids is 1. The Morgan fingerprint density at radius 1 is 1.45 bits per heavy atom. The minimum Gasteiger partial charge on any atom is -0.481 e. The maximum absolute atomic E-state index is 12.2. The van der Waals surface area contributed by atoms with Crippen LogP contribution in [-0.2, 0) is 14.8 Å². The van der Waals surface area contributed by atoms with E-state index in [4.69, 9.17) is 22.0 Å². The van der Waals surface area contributed by atoms with Crippen molar-refractivity contribution in [3.8, 4) is 6.07 Å². The molecule has 0 aliphatic carbocycles. The first-order valence-corrected chi connectivity index (χ1v) is 7.50. The SMILES string of the molecule is CC(NS(=O)(=O)c1cc(Cl)ccc1C#N)C(C)C(=O)O. The lowest BCUT2D eigenvalue weighted by Crippen LogP contribution is -2.40. The molecule has 0 spiro atoms. The number of carbonyl (C=O) groups is 1. The molecule has 108 valence electrons. The third-order valence-electron chi connectivity index (χ3n) is 2.83. The third-order valence-corrected chi connectivity index (χ3v) is 4.67. The molecule has 2 unspecified atom stereocenters. The second-order valence-corrected chi connectivity index (χ2v) is 6.41. The van der Waals surface area contributed by atoms with Crippen molar-refractivity contribution in [1.29, 1.82) is 5.26 Å². The Morgan fingerprint density at radius 3 is 2.55 bits per heavy atom. The standard InChI is InChI=1S/C12H13ClN2O4S/c1-7(12(16)17)8(2)15-20(18,19)11-5-10(13)4-3-9(11)6-14/h3-5,7-8,15H,1-2H3,(H,16,17). The lowest BCUT2D eigenvalue weighted by atomic mass is 10.1. The quantitative estimate of drug-likeness (QED) is 0.858. The number of hydrogen-bond acceptors (Lipinski definition) is 4. The molecule has 6 nitrogen and oxygen atoms in total. The zero-order valence-corrected chi connectivity index (χ0v) is 12.4. The fourth-order valence-electron chi connectivity index (χ4n) is 1.44. The van der Waals surface area contributed by atoms with Gasteiger partial charge in [0.1, 0.15) is 11.0 Å². The van der Waals surface area contributed by atoms with E-state index >= 15 is 0 Å². The van der Waals surface area contributed by atoms with Gasteiger partial charge in [-0.25, -0.2) is 13.1 Å².